The monoisotopic (exact) mass is 364 g/mol. The summed E-state index contributed by atoms with van der Waals surface area (Å²) in [5, 5.41) is 8.25. The van der Waals surface area contributed by atoms with Gasteiger partial charge in [-0.25, -0.2) is 14.5 Å². The third-order valence-corrected chi connectivity index (χ3v) is 5.90. The average Bonchev–Trinajstić information content (AvgIpc) is 3.27. The number of rotatable bonds is 3. The quantitative estimate of drug-likeness (QED) is 0.604. The highest BCUT2D eigenvalue weighted by Gasteiger charge is 2.22. The van der Waals surface area contributed by atoms with E-state index >= 15 is 0 Å². The number of aryl methyl sites for hydroxylation is 2. The topological polar surface area (TPSA) is 85.1 Å². The van der Waals surface area contributed by atoms with Crippen LogP contribution in [-0.2, 0) is 19.4 Å². The average molecular weight is 364 g/mol. The Morgan fingerprint density at radius 2 is 2.08 bits per heavy atom. The number of pyridine rings is 1. The lowest BCUT2D eigenvalue weighted by molar-refractivity contribution is 0.0940. The van der Waals surface area contributed by atoms with Crippen LogP contribution < -0.4 is 5.32 Å². The van der Waals surface area contributed by atoms with E-state index < -0.39 is 0 Å². The Morgan fingerprint density at radius 3 is 2.96 bits per heavy atom. The Morgan fingerprint density at radius 1 is 1.23 bits per heavy atom. The zero-order chi connectivity index (χ0) is 17.5. The normalized spacial score (nSPS) is 13.8. The van der Waals surface area contributed by atoms with Gasteiger partial charge in [0.2, 0.25) is 5.82 Å². The maximum Gasteiger partial charge on any atom is 0.291 e. The predicted octanol–water partition coefficient (Wildman–Crippen LogP) is 2.54. The van der Waals surface area contributed by atoms with Crippen LogP contribution in [-0.4, -0.2) is 30.5 Å². The van der Waals surface area contributed by atoms with Crippen LogP contribution in [0.25, 0.3) is 15.9 Å². The fourth-order valence-corrected chi connectivity index (χ4v) is 4.64. The molecule has 0 atom stereocenters. The van der Waals surface area contributed by atoms with Crippen LogP contribution in [0.4, 0.5) is 0 Å². The number of fused-ring (bicyclic) bond motifs is 5. The first-order valence-electron chi connectivity index (χ1n) is 8.62. The molecule has 0 spiro atoms. The van der Waals surface area contributed by atoms with Crippen molar-refractivity contribution in [2.75, 3.05) is 0 Å². The number of carbonyl (C=O) groups excluding carboxylic acids is 1. The number of amides is 1. The summed E-state index contributed by atoms with van der Waals surface area (Å²) in [5.41, 5.74) is 3.04. The molecule has 0 radical (unpaired) electrons. The molecule has 7 nitrogen and oxygen atoms in total. The lowest BCUT2D eigenvalue weighted by Crippen LogP contribution is -2.24. The molecule has 1 N–H and O–H groups in total. The molecular formula is C18H16N6OS. The Bertz CT molecular complexity index is 1120. The van der Waals surface area contributed by atoms with Crippen LogP contribution in [0.5, 0.6) is 0 Å². The van der Waals surface area contributed by atoms with Crippen LogP contribution in [0.15, 0.2) is 30.9 Å². The molecule has 0 fully saturated rings. The smallest absolute Gasteiger partial charge is 0.291 e. The van der Waals surface area contributed by atoms with Crippen molar-refractivity contribution < 1.29 is 4.79 Å². The SMILES string of the molecule is O=C(NCc1ccncc1)c1nc2c3c4c(sc3ncn2n1)CCCC4. The summed E-state index contributed by atoms with van der Waals surface area (Å²) in [4.78, 5) is 27.9. The van der Waals surface area contributed by atoms with E-state index in [1.807, 2.05) is 12.1 Å². The van der Waals surface area contributed by atoms with E-state index in [1.54, 1.807) is 34.6 Å². The summed E-state index contributed by atoms with van der Waals surface area (Å²) >= 11 is 1.74. The van der Waals surface area contributed by atoms with Crippen molar-refractivity contribution in [3.8, 4) is 0 Å². The van der Waals surface area contributed by atoms with Crippen molar-refractivity contribution in [3.63, 3.8) is 0 Å². The summed E-state index contributed by atoms with van der Waals surface area (Å²) in [5.74, 6) is -0.119. The van der Waals surface area contributed by atoms with Gasteiger partial charge in [-0.3, -0.25) is 9.78 Å². The second-order valence-electron chi connectivity index (χ2n) is 6.38. The molecule has 0 aliphatic heterocycles. The van der Waals surface area contributed by atoms with Crippen molar-refractivity contribution in [1.29, 1.82) is 0 Å². The van der Waals surface area contributed by atoms with Gasteiger partial charge in [0.25, 0.3) is 5.91 Å². The second-order valence-corrected chi connectivity index (χ2v) is 7.46. The zero-order valence-corrected chi connectivity index (χ0v) is 14.8. The number of nitrogens with zero attached hydrogens (tertiary/aromatic N) is 5. The summed E-state index contributed by atoms with van der Waals surface area (Å²) in [7, 11) is 0. The number of carbonyl (C=O) groups is 1. The van der Waals surface area contributed by atoms with Gasteiger partial charge in [0.15, 0.2) is 5.65 Å². The molecular weight excluding hydrogens is 348 g/mol. The number of thiophene rings is 1. The Balaban J connectivity index is 1.50. The summed E-state index contributed by atoms with van der Waals surface area (Å²) in [6.45, 7) is 0.415. The molecule has 0 unspecified atom stereocenters. The van der Waals surface area contributed by atoms with Crippen molar-refractivity contribution in [1.82, 2.24) is 29.9 Å². The van der Waals surface area contributed by atoms with Crippen molar-refractivity contribution in [2.45, 2.75) is 32.2 Å². The highest BCUT2D eigenvalue weighted by molar-refractivity contribution is 7.19. The maximum atomic E-state index is 12.5. The largest absolute Gasteiger partial charge is 0.345 e. The van der Waals surface area contributed by atoms with Crippen LogP contribution >= 0.6 is 11.3 Å². The molecule has 130 valence electrons. The van der Waals surface area contributed by atoms with Gasteiger partial charge in [-0.1, -0.05) is 0 Å². The second kappa shape index (κ2) is 6.14. The number of aromatic nitrogens is 5. The van der Waals surface area contributed by atoms with E-state index in [0.29, 0.717) is 6.54 Å². The lowest BCUT2D eigenvalue weighted by Gasteiger charge is -2.09. The van der Waals surface area contributed by atoms with E-state index in [2.05, 4.69) is 25.4 Å². The molecule has 8 heteroatoms. The molecule has 0 saturated carbocycles. The molecule has 0 saturated heterocycles. The third kappa shape index (κ3) is 2.53. The number of hydrogen-bond acceptors (Lipinski definition) is 6. The molecule has 0 aromatic carbocycles. The standard InChI is InChI=1S/C18H16N6OS/c25-17(20-9-11-5-7-19-8-6-11)15-22-16-14-12-3-1-2-4-13(12)26-18(14)21-10-24(16)23-15/h5-8,10H,1-4,9H2,(H,20,25). The molecule has 4 aromatic rings. The van der Waals surface area contributed by atoms with Gasteiger partial charge in [0, 0.05) is 23.8 Å². The molecule has 1 amide bonds. The predicted molar refractivity (Wildman–Crippen MR) is 98.2 cm³/mol. The first kappa shape index (κ1) is 15.4. The first-order chi connectivity index (χ1) is 12.8. The van der Waals surface area contributed by atoms with Crippen LogP contribution in [0.3, 0.4) is 0 Å². The number of hydrogen-bond donors (Lipinski definition) is 1. The minimum absolute atomic E-state index is 0.170. The highest BCUT2D eigenvalue weighted by atomic mass is 32.1. The summed E-state index contributed by atoms with van der Waals surface area (Å²) in [6.07, 6.45) is 9.62. The highest BCUT2D eigenvalue weighted by Crippen LogP contribution is 2.36. The summed E-state index contributed by atoms with van der Waals surface area (Å²) in [6, 6.07) is 3.73. The first-order valence-corrected chi connectivity index (χ1v) is 9.44. The van der Waals surface area contributed by atoms with E-state index in [-0.39, 0.29) is 11.7 Å². The van der Waals surface area contributed by atoms with Crippen molar-refractivity contribution in [3.05, 3.63) is 52.7 Å². The minimum Gasteiger partial charge on any atom is -0.345 e. The fourth-order valence-electron chi connectivity index (χ4n) is 3.41. The fraction of sp³-hybridized carbons (Fsp3) is 0.278. The van der Waals surface area contributed by atoms with Crippen LogP contribution in [0.2, 0.25) is 0 Å². The summed E-state index contributed by atoms with van der Waals surface area (Å²) < 4.78 is 1.62. The Labute approximate surface area is 153 Å². The van der Waals surface area contributed by atoms with Crippen molar-refractivity contribution >= 4 is 33.1 Å². The van der Waals surface area contributed by atoms with Gasteiger partial charge < -0.3 is 5.32 Å². The zero-order valence-electron chi connectivity index (χ0n) is 14.0. The molecule has 5 rings (SSSR count). The maximum absolute atomic E-state index is 12.5. The van der Waals surface area contributed by atoms with Crippen molar-refractivity contribution in [2.24, 2.45) is 0 Å². The lowest BCUT2D eigenvalue weighted by atomic mass is 9.97. The van der Waals surface area contributed by atoms with Gasteiger partial charge >= 0.3 is 0 Å². The Hall–Kier alpha value is -2.87. The molecule has 1 aliphatic carbocycles. The van der Waals surface area contributed by atoms with Gasteiger partial charge in [-0.2, -0.15) is 0 Å². The van der Waals surface area contributed by atoms with Crippen LogP contribution in [0.1, 0.15) is 39.5 Å². The van der Waals surface area contributed by atoms with E-state index in [9.17, 15) is 4.79 Å². The van der Waals surface area contributed by atoms with E-state index in [4.69, 9.17) is 0 Å². The van der Waals surface area contributed by atoms with Gasteiger partial charge in [0.05, 0.1) is 5.39 Å². The van der Waals surface area contributed by atoms with E-state index in [1.165, 1.54) is 23.3 Å². The molecule has 4 heterocycles. The van der Waals surface area contributed by atoms with Gasteiger partial charge in [-0.05, 0) is 48.9 Å². The minimum atomic E-state index is -0.289. The molecule has 26 heavy (non-hydrogen) atoms. The van der Waals surface area contributed by atoms with Gasteiger partial charge in [0.1, 0.15) is 11.2 Å². The molecule has 1 aliphatic rings. The third-order valence-electron chi connectivity index (χ3n) is 4.70. The van der Waals surface area contributed by atoms with E-state index in [0.717, 1.165) is 34.3 Å². The van der Waals surface area contributed by atoms with Crippen LogP contribution in [0, 0.1) is 0 Å². The molecule has 4 aromatic heterocycles. The number of nitrogens with one attached hydrogen (secondary N) is 1. The van der Waals surface area contributed by atoms with Gasteiger partial charge in [-0.15, -0.1) is 16.4 Å². The Kier molecular flexibility index (Phi) is 3.63. The molecule has 0 bridgehead atoms.